The normalized spacial score (nSPS) is 11.9. The van der Waals surface area contributed by atoms with E-state index in [0.29, 0.717) is 12.8 Å². The zero-order chi connectivity index (χ0) is 7.33. The van der Waals surface area contributed by atoms with E-state index >= 15 is 0 Å². The first-order valence-electron chi connectivity index (χ1n) is 3.18. The van der Waals surface area contributed by atoms with E-state index in [1.54, 1.807) is 13.3 Å². The Labute approximate surface area is 57.0 Å². The molecule has 56 valence electrons. The molecule has 9 heavy (non-hydrogen) atoms. The lowest BCUT2D eigenvalue weighted by Gasteiger charge is -2.04. The molecular formula is C6H15O2P. The molecule has 2 nitrogen and oxygen atoms in total. The van der Waals surface area contributed by atoms with E-state index in [-0.39, 0.29) is 0 Å². The standard InChI is InChI=1S/C6H15O2P/c1-4-8-5-6-9(2,3)7/h4-6H2,1-3H3. The fourth-order valence-corrected chi connectivity index (χ4v) is 0.998. The molecule has 0 fully saturated rings. The van der Waals surface area contributed by atoms with Crippen molar-refractivity contribution in [1.82, 2.24) is 0 Å². The smallest absolute Gasteiger partial charge is 0.0841 e. The van der Waals surface area contributed by atoms with Gasteiger partial charge in [-0.1, -0.05) is 0 Å². The summed E-state index contributed by atoms with van der Waals surface area (Å²) in [6, 6.07) is 0. The monoisotopic (exact) mass is 150 g/mol. The van der Waals surface area contributed by atoms with Crippen molar-refractivity contribution in [2.75, 3.05) is 32.7 Å². The van der Waals surface area contributed by atoms with Gasteiger partial charge in [-0.2, -0.15) is 0 Å². The zero-order valence-corrected chi connectivity index (χ0v) is 7.28. The summed E-state index contributed by atoms with van der Waals surface area (Å²) in [7, 11) is -1.82. The fourth-order valence-electron chi connectivity index (χ4n) is 0.429. The van der Waals surface area contributed by atoms with Gasteiger partial charge in [0.05, 0.1) is 13.7 Å². The molecule has 0 amide bonds. The molecule has 3 heteroatoms. The molecular weight excluding hydrogens is 135 g/mol. The highest BCUT2D eigenvalue weighted by molar-refractivity contribution is 7.62. The van der Waals surface area contributed by atoms with Gasteiger partial charge in [0.1, 0.15) is 0 Å². The lowest BCUT2D eigenvalue weighted by Crippen LogP contribution is -1.98. The minimum absolute atomic E-state index is 0.640. The van der Waals surface area contributed by atoms with Crippen LogP contribution in [0.4, 0.5) is 0 Å². The van der Waals surface area contributed by atoms with Crippen molar-refractivity contribution in [1.29, 1.82) is 0 Å². The molecule has 0 atom stereocenters. The van der Waals surface area contributed by atoms with Crippen LogP contribution < -0.4 is 0 Å². The molecule has 0 saturated heterocycles. The largest absolute Gasteiger partial charge is 0.381 e. The van der Waals surface area contributed by atoms with Crippen LogP contribution in [0.2, 0.25) is 0 Å². The lowest BCUT2D eigenvalue weighted by molar-refractivity contribution is 0.163. The predicted molar refractivity (Wildman–Crippen MR) is 40.8 cm³/mol. The number of ether oxygens (including phenoxy) is 1. The van der Waals surface area contributed by atoms with Gasteiger partial charge >= 0.3 is 0 Å². The van der Waals surface area contributed by atoms with E-state index in [1.165, 1.54) is 0 Å². The van der Waals surface area contributed by atoms with Crippen LogP contribution >= 0.6 is 7.14 Å². The van der Waals surface area contributed by atoms with E-state index < -0.39 is 7.14 Å². The van der Waals surface area contributed by atoms with E-state index in [2.05, 4.69) is 0 Å². The third kappa shape index (κ3) is 8.19. The summed E-state index contributed by atoms with van der Waals surface area (Å²) in [6.45, 7) is 6.87. The maximum Gasteiger partial charge on any atom is 0.0841 e. The first-order valence-corrected chi connectivity index (χ1v) is 5.96. The van der Waals surface area contributed by atoms with Crippen molar-refractivity contribution in [2.24, 2.45) is 0 Å². The second kappa shape index (κ2) is 4.08. The lowest BCUT2D eigenvalue weighted by atomic mass is 10.8. The van der Waals surface area contributed by atoms with Gasteiger partial charge in [0.15, 0.2) is 0 Å². The third-order valence-electron chi connectivity index (χ3n) is 0.978. The molecule has 0 aliphatic carbocycles. The molecule has 0 aliphatic rings. The van der Waals surface area contributed by atoms with Crippen LogP contribution in [0.5, 0.6) is 0 Å². The van der Waals surface area contributed by atoms with Crippen molar-refractivity contribution >= 4 is 7.14 Å². The molecule has 0 rings (SSSR count). The molecule has 0 radical (unpaired) electrons. The van der Waals surface area contributed by atoms with Gasteiger partial charge in [-0.15, -0.1) is 0 Å². The first kappa shape index (κ1) is 9.19. The van der Waals surface area contributed by atoms with Crippen LogP contribution in [0.25, 0.3) is 0 Å². The van der Waals surface area contributed by atoms with Crippen molar-refractivity contribution in [3.8, 4) is 0 Å². The highest BCUT2D eigenvalue weighted by Gasteiger charge is 2.04. The highest BCUT2D eigenvalue weighted by atomic mass is 31.2. The van der Waals surface area contributed by atoms with Crippen LogP contribution in [-0.4, -0.2) is 32.7 Å². The number of hydrogen-bond donors (Lipinski definition) is 0. The number of rotatable bonds is 4. The Bertz CT molecular complexity index is 106. The molecule has 0 saturated carbocycles. The summed E-state index contributed by atoms with van der Waals surface area (Å²) in [4.78, 5) is 0. The Kier molecular flexibility index (Phi) is 4.16. The summed E-state index contributed by atoms with van der Waals surface area (Å²) in [6.07, 6.45) is 0.709. The SMILES string of the molecule is CCOCCP(C)(C)=O. The molecule has 0 spiro atoms. The Hall–Kier alpha value is 0.190. The predicted octanol–water partition coefficient (Wildman–Crippen LogP) is 1.65. The van der Waals surface area contributed by atoms with E-state index in [9.17, 15) is 4.57 Å². The molecule has 0 aromatic carbocycles. The summed E-state index contributed by atoms with van der Waals surface area (Å²) < 4.78 is 16.0. The van der Waals surface area contributed by atoms with Crippen LogP contribution in [0, 0.1) is 0 Å². The number of hydrogen-bond acceptors (Lipinski definition) is 2. The molecule has 0 aromatic rings. The quantitative estimate of drug-likeness (QED) is 0.450. The minimum atomic E-state index is -1.82. The van der Waals surface area contributed by atoms with E-state index in [4.69, 9.17) is 4.74 Å². The molecule has 0 unspecified atom stereocenters. The Morgan fingerprint density at radius 1 is 1.44 bits per heavy atom. The van der Waals surface area contributed by atoms with E-state index in [0.717, 1.165) is 6.61 Å². The second-order valence-electron chi connectivity index (χ2n) is 2.49. The molecule has 0 aliphatic heterocycles. The van der Waals surface area contributed by atoms with Crippen LogP contribution in [-0.2, 0) is 9.30 Å². The summed E-state index contributed by atoms with van der Waals surface area (Å²) in [5, 5.41) is 0. The van der Waals surface area contributed by atoms with Crippen molar-refractivity contribution in [3.05, 3.63) is 0 Å². The third-order valence-corrected chi connectivity index (χ3v) is 2.24. The highest BCUT2D eigenvalue weighted by Crippen LogP contribution is 2.34. The second-order valence-corrected chi connectivity index (χ2v) is 6.09. The maximum atomic E-state index is 11.0. The van der Waals surface area contributed by atoms with Gasteiger partial charge in [0, 0.05) is 12.8 Å². The molecule has 0 aromatic heterocycles. The van der Waals surface area contributed by atoms with Crippen LogP contribution in [0.3, 0.4) is 0 Å². The van der Waals surface area contributed by atoms with E-state index in [1.807, 2.05) is 6.92 Å². The zero-order valence-electron chi connectivity index (χ0n) is 6.39. The first-order chi connectivity index (χ1) is 4.06. The summed E-state index contributed by atoms with van der Waals surface area (Å²) in [5.74, 6) is 0. The molecule has 0 bridgehead atoms. The van der Waals surface area contributed by atoms with Gasteiger partial charge < -0.3 is 9.30 Å². The summed E-state index contributed by atoms with van der Waals surface area (Å²) in [5.41, 5.74) is 0. The van der Waals surface area contributed by atoms with Crippen molar-refractivity contribution in [3.63, 3.8) is 0 Å². The van der Waals surface area contributed by atoms with Gasteiger partial charge in [0.25, 0.3) is 0 Å². The average Bonchev–Trinajstić information content (AvgIpc) is 1.63. The Balaban J connectivity index is 3.18. The van der Waals surface area contributed by atoms with Gasteiger partial charge in [-0.3, -0.25) is 0 Å². The van der Waals surface area contributed by atoms with Crippen molar-refractivity contribution in [2.45, 2.75) is 6.92 Å². The van der Waals surface area contributed by atoms with Crippen molar-refractivity contribution < 1.29 is 9.30 Å². The van der Waals surface area contributed by atoms with Crippen LogP contribution in [0.1, 0.15) is 6.92 Å². The van der Waals surface area contributed by atoms with Gasteiger partial charge in [0.2, 0.25) is 0 Å². The fraction of sp³-hybridized carbons (Fsp3) is 1.00. The summed E-state index contributed by atoms with van der Waals surface area (Å²) >= 11 is 0. The van der Waals surface area contributed by atoms with Gasteiger partial charge in [-0.25, -0.2) is 0 Å². The average molecular weight is 150 g/mol. The Morgan fingerprint density at radius 3 is 2.33 bits per heavy atom. The molecule has 0 heterocycles. The van der Waals surface area contributed by atoms with Gasteiger partial charge in [-0.05, 0) is 20.3 Å². The topological polar surface area (TPSA) is 26.3 Å². The maximum absolute atomic E-state index is 11.0. The minimum Gasteiger partial charge on any atom is -0.381 e. The molecule has 0 N–H and O–H groups in total. The van der Waals surface area contributed by atoms with Crippen LogP contribution in [0.15, 0.2) is 0 Å². The Morgan fingerprint density at radius 2 is 2.00 bits per heavy atom.